The molecule has 0 unspecified atom stereocenters. The second kappa shape index (κ2) is 7.46. The molecule has 3 aromatic rings. The minimum Gasteiger partial charge on any atom is -0.246 e. The van der Waals surface area contributed by atoms with Crippen molar-refractivity contribution in [2.75, 3.05) is 0 Å². The van der Waals surface area contributed by atoms with Crippen LogP contribution in [-0.2, 0) is 12.4 Å². The fourth-order valence-electron chi connectivity index (χ4n) is 2.52. The quantitative estimate of drug-likeness (QED) is 0.379. The Morgan fingerprint density at radius 1 is 0.643 bits per heavy atom. The van der Waals surface area contributed by atoms with E-state index in [1.807, 2.05) is 0 Å². The van der Waals surface area contributed by atoms with Gasteiger partial charge in [-0.25, -0.2) is 9.98 Å². The smallest absolute Gasteiger partial charge is 0.246 e. The Morgan fingerprint density at radius 3 is 1.57 bits per heavy atom. The Balaban J connectivity index is 2.23. The van der Waals surface area contributed by atoms with Crippen LogP contribution in [0.3, 0.4) is 0 Å². The number of pyridine rings is 1. The first kappa shape index (κ1) is 19.6. The summed E-state index contributed by atoms with van der Waals surface area (Å²) in [5, 5.41) is 0. The Bertz CT molecular complexity index is 936. The standard InChI is InChI=1S/C20H12F6N2/c21-19(22,23)16-12-11-15(18(28-16)20(24,25)26)27-17(13-7-3-1-4-8-13)14-9-5-2-6-10-14/h1-12H. The van der Waals surface area contributed by atoms with Crippen LogP contribution in [0.25, 0.3) is 0 Å². The second-order valence-corrected chi connectivity index (χ2v) is 5.75. The van der Waals surface area contributed by atoms with Crippen molar-refractivity contribution in [2.24, 2.45) is 4.99 Å². The van der Waals surface area contributed by atoms with Gasteiger partial charge in [-0.3, -0.25) is 0 Å². The predicted octanol–water partition coefficient (Wildman–Crippen LogP) is 6.29. The van der Waals surface area contributed by atoms with Crippen molar-refractivity contribution in [3.8, 4) is 0 Å². The molecule has 1 aromatic heterocycles. The zero-order valence-corrected chi connectivity index (χ0v) is 14.1. The van der Waals surface area contributed by atoms with Crippen LogP contribution >= 0.6 is 0 Å². The molecule has 2 aromatic carbocycles. The van der Waals surface area contributed by atoms with E-state index in [-0.39, 0.29) is 5.71 Å². The summed E-state index contributed by atoms with van der Waals surface area (Å²) in [5.74, 6) is 0. The normalized spacial score (nSPS) is 11.9. The molecule has 8 heteroatoms. The molecule has 0 saturated heterocycles. The van der Waals surface area contributed by atoms with Crippen LogP contribution in [0.4, 0.5) is 32.0 Å². The van der Waals surface area contributed by atoms with Gasteiger partial charge in [0.25, 0.3) is 0 Å². The summed E-state index contributed by atoms with van der Waals surface area (Å²) in [6.07, 6.45) is -10.1. The van der Waals surface area contributed by atoms with Gasteiger partial charge < -0.3 is 0 Å². The van der Waals surface area contributed by atoms with Crippen molar-refractivity contribution in [2.45, 2.75) is 12.4 Å². The lowest BCUT2D eigenvalue weighted by Gasteiger charge is -2.14. The molecule has 0 radical (unpaired) electrons. The predicted molar refractivity (Wildman–Crippen MR) is 92.4 cm³/mol. The van der Waals surface area contributed by atoms with Gasteiger partial charge in [-0.1, -0.05) is 60.7 Å². The molecular weight excluding hydrogens is 382 g/mol. The number of alkyl halides is 6. The number of nitrogens with zero attached hydrogens (tertiary/aromatic N) is 2. The van der Waals surface area contributed by atoms with Gasteiger partial charge in [0.2, 0.25) is 0 Å². The van der Waals surface area contributed by atoms with Crippen molar-refractivity contribution in [1.29, 1.82) is 0 Å². The summed E-state index contributed by atoms with van der Waals surface area (Å²) in [7, 11) is 0. The highest BCUT2D eigenvalue weighted by molar-refractivity contribution is 6.14. The lowest BCUT2D eigenvalue weighted by molar-refractivity contribution is -0.149. The minimum absolute atomic E-state index is 0.188. The topological polar surface area (TPSA) is 25.2 Å². The van der Waals surface area contributed by atoms with Crippen LogP contribution in [0, 0.1) is 0 Å². The van der Waals surface area contributed by atoms with Gasteiger partial charge >= 0.3 is 12.4 Å². The Kier molecular flexibility index (Phi) is 5.22. The SMILES string of the molecule is FC(F)(F)c1ccc(N=C(c2ccccc2)c2ccccc2)c(C(F)(F)F)n1. The molecule has 144 valence electrons. The molecule has 0 N–H and O–H groups in total. The van der Waals surface area contributed by atoms with Gasteiger partial charge in [0.15, 0.2) is 5.69 Å². The van der Waals surface area contributed by atoms with E-state index < -0.39 is 29.4 Å². The van der Waals surface area contributed by atoms with Gasteiger partial charge in [0.05, 0.1) is 11.4 Å². The summed E-state index contributed by atoms with van der Waals surface area (Å²) in [4.78, 5) is 6.85. The van der Waals surface area contributed by atoms with Crippen LogP contribution in [0.2, 0.25) is 0 Å². The number of rotatable bonds is 3. The first-order chi connectivity index (χ1) is 13.2. The fourth-order valence-corrected chi connectivity index (χ4v) is 2.52. The number of halogens is 6. The van der Waals surface area contributed by atoms with E-state index in [1.54, 1.807) is 60.7 Å². The van der Waals surface area contributed by atoms with E-state index >= 15 is 0 Å². The third-order valence-corrected chi connectivity index (χ3v) is 3.76. The molecule has 28 heavy (non-hydrogen) atoms. The van der Waals surface area contributed by atoms with Gasteiger partial charge in [-0.05, 0) is 12.1 Å². The summed E-state index contributed by atoms with van der Waals surface area (Å²) in [6, 6.07) is 18.0. The Labute approximate surface area is 156 Å². The lowest BCUT2D eigenvalue weighted by atomic mass is 10.0. The molecule has 0 bridgehead atoms. The minimum atomic E-state index is -5.10. The van der Waals surface area contributed by atoms with Crippen molar-refractivity contribution < 1.29 is 26.3 Å². The molecule has 0 saturated carbocycles. The van der Waals surface area contributed by atoms with Gasteiger partial charge in [-0.2, -0.15) is 26.3 Å². The Morgan fingerprint density at radius 2 is 1.14 bits per heavy atom. The molecular formula is C20H12F6N2. The zero-order valence-electron chi connectivity index (χ0n) is 14.1. The number of hydrogen-bond acceptors (Lipinski definition) is 2. The van der Waals surface area contributed by atoms with Crippen molar-refractivity contribution in [3.63, 3.8) is 0 Å². The maximum absolute atomic E-state index is 13.4. The summed E-state index contributed by atoms with van der Waals surface area (Å²) in [5.41, 5.74) is -2.79. The van der Waals surface area contributed by atoms with Crippen LogP contribution in [0.5, 0.6) is 0 Å². The first-order valence-corrected chi connectivity index (χ1v) is 8.01. The zero-order chi connectivity index (χ0) is 20.4. The van der Waals surface area contributed by atoms with Crippen molar-refractivity contribution in [3.05, 3.63) is 95.3 Å². The molecule has 1 heterocycles. The maximum Gasteiger partial charge on any atom is 0.435 e. The maximum atomic E-state index is 13.4. The van der Waals surface area contributed by atoms with E-state index in [0.717, 1.165) is 0 Å². The van der Waals surface area contributed by atoms with Crippen molar-refractivity contribution >= 4 is 11.4 Å². The van der Waals surface area contributed by atoms with E-state index in [0.29, 0.717) is 23.3 Å². The number of hydrogen-bond donors (Lipinski definition) is 0. The number of benzene rings is 2. The van der Waals surface area contributed by atoms with Crippen LogP contribution in [-0.4, -0.2) is 10.7 Å². The lowest BCUT2D eigenvalue weighted by Crippen LogP contribution is -2.15. The summed E-state index contributed by atoms with van der Waals surface area (Å²) < 4.78 is 78.6. The molecule has 3 rings (SSSR count). The molecule has 0 atom stereocenters. The van der Waals surface area contributed by atoms with Crippen LogP contribution < -0.4 is 0 Å². The van der Waals surface area contributed by atoms with Crippen LogP contribution in [0.15, 0.2) is 77.8 Å². The monoisotopic (exact) mass is 394 g/mol. The van der Waals surface area contributed by atoms with E-state index in [2.05, 4.69) is 9.98 Å². The van der Waals surface area contributed by atoms with Gasteiger partial charge in [0, 0.05) is 11.1 Å². The number of aromatic nitrogens is 1. The van der Waals surface area contributed by atoms with Crippen molar-refractivity contribution in [1.82, 2.24) is 4.98 Å². The molecule has 0 amide bonds. The largest absolute Gasteiger partial charge is 0.435 e. The highest BCUT2D eigenvalue weighted by Crippen LogP contribution is 2.38. The van der Waals surface area contributed by atoms with Gasteiger partial charge in [-0.15, -0.1) is 0 Å². The van der Waals surface area contributed by atoms with Gasteiger partial charge in [0.1, 0.15) is 5.69 Å². The fraction of sp³-hybridized carbons (Fsp3) is 0.100. The summed E-state index contributed by atoms with van der Waals surface area (Å²) >= 11 is 0. The van der Waals surface area contributed by atoms with E-state index in [1.165, 1.54) is 0 Å². The average molecular weight is 394 g/mol. The highest BCUT2D eigenvalue weighted by Gasteiger charge is 2.40. The molecule has 0 aliphatic rings. The third kappa shape index (κ3) is 4.39. The van der Waals surface area contributed by atoms with E-state index in [9.17, 15) is 26.3 Å². The number of aliphatic imine (C=N–C) groups is 1. The molecule has 0 spiro atoms. The molecule has 0 fully saturated rings. The third-order valence-electron chi connectivity index (χ3n) is 3.76. The molecule has 0 aliphatic carbocycles. The van der Waals surface area contributed by atoms with Crippen LogP contribution in [0.1, 0.15) is 22.5 Å². The molecule has 0 aliphatic heterocycles. The molecule has 2 nitrogen and oxygen atoms in total. The highest BCUT2D eigenvalue weighted by atomic mass is 19.4. The Hall–Kier alpha value is -3.16. The summed E-state index contributed by atoms with van der Waals surface area (Å²) in [6.45, 7) is 0. The van der Waals surface area contributed by atoms with E-state index in [4.69, 9.17) is 0 Å². The second-order valence-electron chi connectivity index (χ2n) is 5.75. The average Bonchev–Trinajstić information content (AvgIpc) is 2.66. The first-order valence-electron chi connectivity index (χ1n) is 8.01.